The van der Waals surface area contributed by atoms with Crippen molar-refractivity contribution in [2.75, 3.05) is 0 Å². The summed E-state index contributed by atoms with van der Waals surface area (Å²) in [4.78, 5) is 10.3. The Hall–Kier alpha value is -1.09. The van der Waals surface area contributed by atoms with Crippen molar-refractivity contribution in [3.05, 3.63) is 24.3 Å². The third-order valence-corrected chi connectivity index (χ3v) is 3.45. The first-order chi connectivity index (χ1) is 10.2. The Morgan fingerprint density at radius 2 is 1.71 bits per heavy atom. The molecule has 1 unspecified atom stereocenters. The summed E-state index contributed by atoms with van der Waals surface area (Å²) in [6, 6.07) is 0. The van der Waals surface area contributed by atoms with Gasteiger partial charge in [0.05, 0.1) is 6.10 Å². The molecule has 0 aromatic carbocycles. The van der Waals surface area contributed by atoms with Crippen LogP contribution >= 0.6 is 0 Å². The van der Waals surface area contributed by atoms with E-state index in [1.165, 1.54) is 19.3 Å². The molecule has 0 spiro atoms. The van der Waals surface area contributed by atoms with Gasteiger partial charge in [0, 0.05) is 6.42 Å². The summed E-state index contributed by atoms with van der Waals surface area (Å²) in [5.41, 5.74) is 0. The highest BCUT2D eigenvalue weighted by molar-refractivity contribution is 5.66. The second-order valence-electron chi connectivity index (χ2n) is 5.58. The van der Waals surface area contributed by atoms with E-state index in [-0.39, 0.29) is 12.5 Å². The molecule has 0 fully saturated rings. The number of aliphatic hydroxyl groups excluding tert-OH is 1. The molecule has 2 N–H and O–H groups in total. The third-order valence-electron chi connectivity index (χ3n) is 3.45. The molecule has 0 rings (SSSR count). The molecular weight excluding hydrogens is 264 g/mol. The van der Waals surface area contributed by atoms with Gasteiger partial charge in [-0.1, -0.05) is 69.8 Å². The van der Waals surface area contributed by atoms with Crippen LogP contribution in [0.5, 0.6) is 0 Å². The number of hydrogen-bond donors (Lipinski definition) is 2. The monoisotopic (exact) mass is 296 g/mol. The van der Waals surface area contributed by atoms with Crippen molar-refractivity contribution in [2.45, 2.75) is 83.7 Å². The van der Waals surface area contributed by atoms with Crippen molar-refractivity contribution >= 4 is 5.97 Å². The molecular formula is C18H32O3. The molecule has 0 saturated heterocycles. The first-order valence-corrected chi connectivity index (χ1v) is 8.40. The standard InChI is InChI=1S/C18H32O3/c1-2-3-4-5-6-8-11-14-17(19)15-12-9-7-10-13-16-18(20)21/h6,8,11,14,17,19H,2-5,7,9-10,12-13,15-16H2,1H3,(H,20,21)/b8-6?,14-11+. The van der Waals surface area contributed by atoms with Crippen molar-refractivity contribution in [3.8, 4) is 0 Å². The second-order valence-corrected chi connectivity index (χ2v) is 5.58. The molecule has 0 amide bonds. The van der Waals surface area contributed by atoms with Gasteiger partial charge in [-0.25, -0.2) is 0 Å². The van der Waals surface area contributed by atoms with Gasteiger partial charge in [-0.3, -0.25) is 4.79 Å². The minimum Gasteiger partial charge on any atom is -0.481 e. The fraction of sp³-hybridized carbons (Fsp3) is 0.722. The molecule has 3 nitrogen and oxygen atoms in total. The van der Waals surface area contributed by atoms with Gasteiger partial charge in [-0.15, -0.1) is 0 Å². The lowest BCUT2D eigenvalue weighted by atomic mass is 10.1. The van der Waals surface area contributed by atoms with Gasteiger partial charge in [-0.2, -0.15) is 0 Å². The predicted molar refractivity (Wildman–Crippen MR) is 88.4 cm³/mol. The van der Waals surface area contributed by atoms with Gasteiger partial charge in [0.25, 0.3) is 0 Å². The van der Waals surface area contributed by atoms with Gasteiger partial charge in [-0.05, 0) is 25.7 Å². The highest BCUT2D eigenvalue weighted by Gasteiger charge is 1.99. The number of carboxylic acid groups (broad SMARTS) is 1. The molecule has 0 saturated carbocycles. The van der Waals surface area contributed by atoms with E-state index in [0.717, 1.165) is 44.9 Å². The van der Waals surface area contributed by atoms with E-state index in [4.69, 9.17) is 5.11 Å². The minimum atomic E-state index is -0.710. The number of aliphatic hydroxyl groups is 1. The number of carbonyl (C=O) groups is 1. The topological polar surface area (TPSA) is 57.5 Å². The molecule has 0 aliphatic carbocycles. The van der Waals surface area contributed by atoms with Crippen LogP contribution in [0.3, 0.4) is 0 Å². The summed E-state index contributed by atoms with van der Waals surface area (Å²) in [6.45, 7) is 2.20. The van der Waals surface area contributed by atoms with Crippen molar-refractivity contribution in [1.29, 1.82) is 0 Å². The highest BCUT2D eigenvalue weighted by atomic mass is 16.4. The summed E-state index contributed by atoms with van der Waals surface area (Å²) in [7, 11) is 0. The largest absolute Gasteiger partial charge is 0.481 e. The van der Waals surface area contributed by atoms with Crippen molar-refractivity contribution in [1.82, 2.24) is 0 Å². The molecule has 21 heavy (non-hydrogen) atoms. The number of carboxylic acids is 1. The van der Waals surface area contributed by atoms with Gasteiger partial charge in [0.1, 0.15) is 0 Å². The van der Waals surface area contributed by atoms with Crippen LogP contribution in [-0.4, -0.2) is 22.3 Å². The summed E-state index contributed by atoms with van der Waals surface area (Å²) < 4.78 is 0. The van der Waals surface area contributed by atoms with E-state index in [2.05, 4.69) is 13.0 Å². The summed E-state index contributed by atoms with van der Waals surface area (Å²) in [5.74, 6) is -0.710. The lowest BCUT2D eigenvalue weighted by Crippen LogP contribution is -2.01. The highest BCUT2D eigenvalue weighted by Crippen LogP contribution is 2.09. The number of allylic oxidation sites excluding steroid dienone is 3. The summed E-state index contributed by atoms with van der Waals surface area (Å²) in [6.07, 6.45) is 18.4. The summed E-state index contributed by atoms with van der Waals surface area (Å²) >= 11 is 0. The number of unbranched alkanes of at least 4 members (excludes halogenated alkanes) is 7. The SMILES string of the molecule is CCCCCC=C/C=C/C(O)CCCCCCCC(=O)O. The smallest absolute Gasteiger partial charge is 0.303 e. The second kappa shape index (κ2) is 15.3. The first-order valence-electron chi connectivity index (χ1n) is 8.40. The van der Waals surface area contributed by atoms with E-state index < -0.39 is 5.97 Å². The predicted octanol–water partition coefficient (Wildman–Crippen LogP) is 4.86. The molecule has 0 heterocycles. The van der Waals surface area contributed by atoms with E-state index in [9.17, 15) is 9.90 Å². The fourth-order valence-electron chi connectivity index (χ4n) is 2.14. The molecule has 122 valence electrons. The quantitative estimate of drug-likeness (QED) is 0.355. The Balaban J connectivity index is 3.40. The molecule has 0 aliphatic rings. The Morgan fingerprint density at radius 3 is 2.43 bits per heavy atom. The fourth-order valence-corrected chi connectivity index (χ4v) is 2.14. The van der Waals surface area contributed by atoms with Crippen LogP contribution < -0.4 is 0 Å². The van der Waals surface area contributed by atoms with Crippen molar-refractivity contribution < 1.29 is 15.0 Å². The maximum atomic E-state index is 10.3. The molecule has 0 radical (unpaired) electrons. The Morgan fingerprint density at radius 1 is 1.00 bits per heavy atom. The molecule has 0 aromatic heterocycles. The van der Waals surface area contributed by atoms with Crippen LogP contribution in [0.25, 0.3) is 0 Å². The lowest BCUT2D eigenvalue weighted by Gasteiger charge is -2.04. The van der Waals surface area contributed by atoms with Crippen LogP contribution in [0.2, 0.25) is 0 Å². The van der Waals surface area contributed by atoms with Crippen LogP contribution in [0, 0.1) is 0 Å². The zero-order chi connectivity index (χ0) is 15.8. The molecule has 3 heteroatoms. The zero-order valence-electron chi connectivity index (χ0n) is 13.5. The molecule has 0 aromatic rings. The Bertz CT molecular complexity index is 295. The van der Waals surface area contributed by atoms with E-state index in [1.807, 2.05) is 18.2 Å². The normalized spacial score (nSPS) is 13.2. The average molecular weight is 296 g/mol. The van der Waals surface area contributed by atoms with Crippen LogP contribution in [0.4, 0.5) is 0 Å². The first kappa shape index (κ1) is 19.9. The number of aliphatic carboxylic acids is 1. The summed E-state index contributed by atoms with van der Waals surface area (Å²) in [5, 5.41) is 18.3. The third kappa shape index (κ3) is 16.9. The zero-order valence-corrected chi connectivity index (χ0v) is 13.5. The Labute approximate surface area is 129 Å². The van der Waals surface area contributed by atoms with Crippen LogP contribution in [0.15, 0.2) is 24.3 Å². The Kier molecular flexibility index (Phi) is 14.5. The number of rotatable bonds is 14. The van der Waals surface area contributed by atoms with Gasteiger partial charge in [0.15, 0.2) is 0 Å². The van der Waals surface area contributed by atoms with Crippen LogP contribution in [-0.2, 0) is 4.79 Å². The maximum Gasteiger partial charge on any atom is 0.303 e. The van der Waals surface area contributed by atoms with Gasteiger partial charge >= 0.3 is 5.97 Å². The number of hydrogen-bond acceptors (Lipinski definition) is 2. The minimum absolute atomic E-state index is 0.274. The molecule has 0 aliphatic heterocycles. The van der Waals surface area contributed by atoms with E-state index >= 15 is 0 Å². The van der Waals surface area contributed by atoms with Crippen LogP contribution in [0.1, 0.15) is 77.6 Å². The average Bonchev–Trinajstić information content (AvgIpc) is 2.45. The van der Waals surface area contributed by atoms with Crippen molar-refractivity contribution in [2.24, 2.45) is 0 Å². The van der Waals surface area contributed by atoms with Gasteiger partial charge in [0.2, 0.25) is 0 Å². The lowest BCUT2D eigenvalue weighted by molar-refractivity contribution is -0.137. The van der Waals surface area contributed by atoms with Gasteiger partial charge < -0.3 is 10.2 Å². The van der Waals surface area contributed by atoms with Crippen molar-refractivity contribution in [3.63, 3.8) is 0 Å². The van der Waals surface area contributed by atoms with E-state index in [1.54, 1.807) is 0 Å². The molecule has 1 atom stereocenters. The van der Waals surface area contributed by atoms with E-state index in [0.29, 0.717) is 0 Å². The molecule has 0 bridgehead atoms. The maximum absolute atomic E-state index is 10.3.